The predicted molar refractivity (Wildman–Crippen MR) is 123 cm³/mol. The van der Waals surface area contributed by atoms with Gasteiger partial charge in [0.2, 0.25) is 5.82 Å². The molecule has 3 aromatic rings. The standard InChI is InChI=1S/C24H25ClFN5O2/c1-29(2)15-21-27-23(24(33)30-12-6-3-7-13-30)28-31(21)20-11-10-16(25)14-18(20)22(32)17-8-4-5-9-19(17)26/h4-5,8-11,14H,3,6-7,12-13,15H2,1-2H3. The topological polar surface area (TPSA) is 71.3 Å². The first-order chi connectivity index (χ1) is 15.8. The van der Waals surface area contributed by atoms with E-state index in [4.69, 9.17) is 11.6 Å². The molecule has 1 saturated heterocycles. The van der Waals surface area contributed by atoms with Crippen LogP contribution < -0.4 is 0 Å². The third-order valence-corrected chi connectivity index (χ3v) is 5.75. The molecule has 7 nitrogen and oxygen atoms in total. The van der Waals surface area contributed by atoms with Gasteiger partial charge in [-0.05, 0) is 63.7 Å². The molecule has 33 heavy (non-hydrogen) atoms. The fraction of sp³-hybridized carbons (Fsp3) is 0.333. The van der Waals surface area contributed by atoms with Gasteiger partial charge in [-0.1, -0.05) is 23.7 Å². The number of nitrogens with zero attached hydrogens (tertiary/aromatic N) is 5. The quantitative estimate of drug-likeness (QED) is 0.511. The summed E-state index contributed by atoms with van der Waals surface area (Å²) in [6.07, 6.45) is 3.01. The molecule has 2 aromatic carbocycles. The minimum atomic E-state index is -0.624. The summed E-state index contributed by atoms with van der Waals surface area (Å²) in [7, 11) is 3.75. The van der Waals surface area contributed by atoms with Crippen molar-refractivity contribution in [3.05, 3.63) is 76.1 Å². The fourth-order valence-electron chi connectivity index (χ4n) is 3.92. The molecule has 0 aliphatic carbocycles. The maximum atomic E-state index is 14.4. The van der Waals surface area contributed by atoms with Gasteiger partial charge in [0.05, 0.1) is 17.8 Å². The van der Waals surface area contributed by atoms with E-state index in [1.165, 1.54) is 28.9 Å². The molecule has 4 rings (SSSR count). The summed E-state index contributed by atoms with van der Waals surface area (Å²) in [5.41, 5.74) is 0.490. The van der Waals surface area contributed by atoms with Crippen LogP contribution in [0.4, 0.5) is 4.39 Å². The highest BCUT2D eigenvalue weighted by Gasteiger charge is 2.26. The van der Waals surface area contributed by atoms with Crippen molar-refractivity contribution in [1.82, 2.24) is 24.6 Å². The molecule has 0 spiro atoms. The number of likely N-dealkylation sites (tertiary alicyclic amines) is 1. The van der Waals surface area contributed by atoms with E-state index in [0.717, 1.165) is 19.3 Å². The molecule has 0 atom stereocenters. The zero-order chi connectivity index (χ0) is 23.5. The van der Waals surface area contributed by atoms with Crippen LogP contribution >= 0.6 is 11.6 Å². The van der Waals surface area contributed by atoms with E-state index in [1.54, 1.807) is 23.1 Å². The number of benzene rings is 2. The molecule has 0 saturated carbocycles. The molecule has 1 aliphatic rings. The van der Waals surface area contributed by atoms with Crippen LogP contribution in [0.25, 0.3) is 5.69 Å². The molecule has 172 valence electrons. The SMILES string of the molecule is CN(C)Cc1nc(C(=O)N2CCCCC2)nn1-c1ccc(Cl)cc1C(=O)c1ccccc1F. The maximum Gasteiger partial charge on any atom is 0.293 e. The normalized spacial score (nSPS) is 14.0. The van der Waals surface area contributed by atoms with Gasteiger partial charge < -0.3 is 9.80 Å². The predicted octanol–water partition coefficient (Wildman–Crippen LogP) is 3.98. The number of halogens is 2. The third-order valence-electron chi connectivity index (χ3n) is 5.52. The highest BCUT2D eigenvalue weighted by molar-refractivity contribution is 6.31. The Hall–Kier alpha value is -3.10. The van der Waals surface area contributed by atoms with E-state index in [1.807, 2.05) is 19.0 Å². The minimum Gasteiger partial charge on any atom is -0.336 e. The van der Waals surface area contributed by atoms with Crippen LogP contribution in [0.3, 0.4) is 0 Å². The number of ketones is 1. The van der Waals surface area contributed by atoms with Crippen molar-refractivity contribution >= 4 is 23.3 Å². The number of carbonyl (C=O) groups is 2. The summed E-state index contributed by atoms with van der Waals surface area (Å²) < 4.78 is 15.9. The number of piperidine rings is 1. The summed E-state index contributed by atoms with van der Waals surface area (Å²) >= 11 is 6.20. The third kappa shape index (κ3) is 4.96. The average Bonchev–Trinajstić information content (AvgIpc) is 3.21. The Morgan fingerprint density at radius 1 is 1.06 bits per heavy atom. The summed E-state index contributed by atoms with van der Waals surface area (Å²) in [5, 5.41) is 4.83. The molecule has 0 radical (unpaired) electrons. The molecule has 1 aromatic heterocycles. The van der Waals surface area contributed by atoms with Gasteiger partial charge in [0, 0.05) is 23.7 Å². The Bertz CT molecular complexity index is 1190. The fourth-order valence-corrected chi connectivity index (χ4v) is 4.09. The molecule has 0 N–H and O–H groups in total. The number of amides is 1. The lowest BCUT2D eigenvalue weighted by Gasteiger charge is -2.25. The molecule has 9 heteroatoms. The summed E-state index contributed by atoms with van der Waals surface area (Å²) in [5.74, 6) is -0.815. The Morgan fingerprint density at radius 3 is 2.48 bits per heavy atom. The molecule has 2 heterocycles. The number of aromatic nitrogens is 3. The zero-order valence-electron chi connectivity index (χ0n) is 18.6. The van der Waals surface area contributed by atoms with E-state index in [9.17, 15) is 14.0 Å². The molecule has 1 amide bonds. The van der Waals surface area contributed by atoms with E-state index in [-0.39, 0.29) is 22.9 Å². The second-order valence-electron chi connectivity index (χ2n) is 8.32. The van der Waals surface area contributed by atoms with Crippen LogP contribution in [0.1, 0.15) is 51.6 Å². The molecule has 1 aliphatic heterocycles. The first-order valence-electron chi connectivity index (χ1n) is 10.8. The van der Waals surface area contributed by atoms with Crippen molar-refractivity contribution in [1.29, 1.82) is 0 Å². The lowest BCUT2D eigenvalue weighted by Crippen LogP contribution is -2.36. The van der Waals surface area contributed by atoms with Crippen molar-refractivity contribution in [3.8, 4) is 5.69 Å². The lowest BCUT2D eigenvalue weighted by atomic mass is 10.0. The van der Waals surface area contributed by atoms with Crippen LogP contribution in [0.5, 0.6) is 0 Å². The zero-order valence-corrected chi connectivity index (χ0v) is 19.3. The van der Waals surface area contributed by atoms with E-state index >= 15 is 0 Å². The van der Waals surface area contributed by atoms with Gasteiger partial charge in [-0.25, -0.2) is 14.1 Å². The Kier molecular flexibility index (Phi) is 6.85. The van der Waals surface area contributed by atoms with Crippen LogP contribution in [0, 0.1) is 5.82 Å². The monoisotopic (exact) mass is 469 g/mol. The number of rotatable bonds is 6. The minimum absolute atomic E-state index is 0.0695. The van der Waals surface area contributed by atoms with Crippen LogP contribution in [0.15, 0.2) is 42.5 Å². The second-order valence-corrected chi connectivity index (χ2v) is 8.76. The second kappa shape index (κ2) is 9.80. The maximum absolute atomic E-state index is 14.4. The Balaban J connectivity index is 1.81. The molecular weight excluding hydrogens is 445 g/mol. The van der Waals surface area contributed by atoms with Crippen molar-refractivity contribution < 1.29 is 14.0 Å². The summed E-state index contributed by atoms with van der Waals surface area (Å²) in [6.45, 7) is 1.74. The molecule has 0 bridgehead atoms. The largest absolute Gasteiger partial charge is 0.336 e. The average molecular weight is 470 g/mol. The van der Waals surface area contributed by atoms with Crippen molar-refractivity contribution in [2.75, 3.05) is 27.2 Å². The highest BCUT2D eigenvalue weighted by Crippen LogP contribution is 2.25. The smallest absolute Gasteiger partial charge is 0.293 e. The van der Waals surface area contributed by atoms with Gasteiger partial charge in [-0.15, -0.1) is 5.10 Å². The first kappa shape index (κ1) is 23.1. The number of hydrogen-bond donors (Lipinski definition) is 0. The molecule has 1 fully saturated rings. The first-order valence-corrected chi connectivity index (χ1v) is 11.2. The van der Waals surface area contributed by atoms with Gasteiger partial charge >= 0.3 is 0 Å². The van der Waals surface area contributed by atoms with E-state index in [0.29, 0.717) is 36.2 Å². The van der Waals surface area contributed by atoms with Crippen molar-refractivity contribution in [2.24, 2.45) is 0 Å². The molecular formula is C24H25ClFN5O2. The van der Waals surface area contributed by atoms with Crippen LogP contribution in [-0.4, -0.2) is 63.4 Å². The van der Waals surface area contributed by atoms with Gasteiger partial charge in [0.25, 0.3) is 5.91 Å². The van der Waals surface area contributed by atoms with Crippen LogP contribution in [0.2, 0.25) is 5.02 Å². The van der Waals surface area contributed by atoms with Crippen LogP contribution in [-0.2, 0) is 6.54 Å². The van der Waals surface area contributed by atoms with Gasteiger partial charge in [-0.2, -0.15) is 0 Å². The van der Waals surface area contributed by atoms with Crippen molar-refractivity contribution in [2.45, 2.75) is 25.8 Å². The Labute approximate surface area is 196 Å². The summed E-state index contributed by atoms with van der Waals surface area (Å²) in [4.78, 5) is 34.5. The van der Waals surface area contributed by atoms with Gasteiger partial charge in [0.1, 0.15) is 11.6 Å². The van der Waals surface area contributed by atoms with Gasteiger partial charge in [-0.3, -0.25) is 9.59 Å². The lowest BCUT2D eigenvalue weighted by molar-refractivity contribution is 0.0711. The Morgan fingerprint density at radius 2 is 1.79 bits per heavy atom. The van der Waals surface area contributed by atoms with Gasteiger partial charge in [0.15, 0.2) is 5.78 Å². The highest BCUT2D eigenvalue weighted by atomic mass is 35.5. The number of carbonyl (C=O) groups excluding carboxylic acids is 2. The van der Waals surface area contributed by atoms with Crippen molar-refractivity contribution in [3.63, 3.8) is 0 Å². The van der Waals surface area contributed by atoms with E-state index in [2.05, 4.69) is 10.1 Å². The number of hydrogen-bond acceptors (Lipinski definition) is 5. The summed E-state index contributed by atoms with van der Waals surface area (Å²) in [6, 6.07) is 10.5. The molecule has 0 unspecified atom stereocenters. The van der Waals surface area contributed by atoms with E-state index < -0.39 is 11.6 Å².